The summed E-state index contributed by atoms with van der Waals surface area (Å²) in [5, 5.41) is 0. The van der Waals surface area contributed by atoms with Crippen LogP contribution < -0.4 is 4.90 Å². The van der Waals surface area contributed by atoms with Crippen molar-refractivity contribution in [1.29, 1.82) is 0 Å². The van der Waals surface area contributed by atoms with E-state index in [4.69, 9.17) is 0 Å². The van der Waals surface area contributed by atoms with Gasteiger partial charge in [-0.2, -0.15) is 0 Å². The summed E-state index contributed by atoms with van der Waals surface area (Å²) >= 11 is 0. The number of aromatic nitrogens is 2. The van der Waals surface area contributed by atoms with Crippen LogP contribution in [0, 0.1) is 0 Å². The lowest BCUT2D eigenvalue weighted by atomic mass is 10.2. The lowest BCUT2D eigenvalue weighted by Gasteiger charge is -2.28. The highest BCUT2D eigenvalue weighted by Gasteiger charge is 2.28. The molecule has 5 nitrogen and oxygen atoms in total. The Morgan fingerprint density at radius 2 is 2.27 bits per heavy atom. The molecule has 0 aliphatic carbocycles. The molecular formula is C17H19N5. The molecule has 0 saturated carbocycles. The van der Waals surface area contributed by atoms with Crippen LogP contribution in [0.3, 0.4) is 0 Å². The van der Waals surface area contributed by atoms with E-state index < -0.39 is 0 Å². The van der Waals surface area contributed by atoms with Crippen molar-refractivity contribution in [2.45, 2.75) is 12.5 Å². The van der Waals surface area contributed by atoms with E-state index in [2.05, 4.69) is 55.3 Å². The first kappa shape index (κ1) is 13.1. The van der Waals surface area contributed by atoms with E-state index >= 15 is 0 Å². The number of hydrogen-bond acceptors (Lipinski definition) is 4. The molecule has 2 aliphatic rings. The van der Waals surface area contributed by atoms with Crippen LogP contribution in [0.15, 0.2) is 60.1 Å². The van der Waals surface area contributed by atoms with Crippen LogP contribution >= 0.6 is 0 Å². The van der Waals surface area contributed by atoms with E-state index in [9.17, 15) is 0 Å². The molecule has 1 saturated heterocycles. The van der Waals surface area contributed by atoms with Gasteiger partial charge in [0, 0.05) is 55.7 Å². The molecule has 1 atom stereocenters. The van der Waals surface area contributed by atoms with Crippen LogP contribution in [0.5, 0.6) is 0 Å². The maximum atomic E-state index is 4.60. The van der Waals surface area contributed by atoms with Crippen molar-refractivity contribution in [3.8, 4) is 0 Å². The first-order valence-electron chi connectivity index (χ1n) is 7.61. The number of nitrogens with zero attached hydrogens (tertiary/aromatic N) is 5. The third-order valence-electron chi connectivity index (χ3n) is 4.40. The summed E-state index contributed by atoms with van der Waals surface area (Å²) < 4.78 is 2.12. The minimum Gasteiger partial charge on any atom is -0.353 e. The number of allylic oxidation sites excluding steroid dienone is 2. The van der Waals surface area contributed by atoms with Crippen LogP contribution in [-0.4, -0.2) is 46.3 Å². The maximum Gasteiger partial charge on any atom is 0.152 e. The summed E-state index contributed by atoms with van der Waals surface area (Å²) in [7, 11) is 0. The summed E-state index contributed by atoms with van der Waals surface area (Å²) in [6.45, 7) is 6.57. The lowest BCUT2D eigenvalue weighted by molar-refractivity contribution is 0.300. The van der Waals surface area contributed by atoms with Gasteiger partial charge in [0.1, 0.15) is 6.67 Å². The van der Waals surface area contributed by atoms with Crippen LogP contribution in [0.25, 0.3) is 5.52 Å². The largest absolute Gasteiger partial charge is 0.353 e. The van der Waals surface area contributed by atoms with Crippen molar-refractivity contribution >= 4 is 17.5 Å². The van der Waals surface area contributed by atoms with Crippen LogP contribution in [-0.2, 0) is 0 Å². The molecule has 4 rings (SSSR count). The number of aliphatic imine (C=N–C) groups is 1. The number of hydrogen-bond donors (Lipinski definition) is 0. The summed E-state index contributed by atoms with van der Waals surface area (Å²) in [4.78, 5) is 13.7. The normalized spacial score (nSPS) is 21.5. The van der Waals surface area contributed by atoms with E-state index in [-0.39, 0.29) is 0 Å². The zero-order valence-corrected chi connectivity index (χ0v) is 12.5. The van der Waals surface area contributed by atoms with Crippen LogP contribution in [0.4, 0.5) is 5.82 Å². The first-order chi connectivity index (χ1) is 10.8. The smallest absolute Gasteiger partial charge is 0.152 e. The van der Waals surface area contributed by atoms with Crippen molar-refractivity contribution in [1.82, 2.24) is 14.3 Å². The molecular weight excluding hydrogens is 274 g/mol. The van der Waals surface area contributed by atoms with Gasteiger partial charge in [0.2, 0.25) is 0 Å². The van der Waals surface area contributed by atoms with Crippen LogP contribution in [0.2, 0.25) is 0 Å². The molecule has 5 heteroatoms. The molecule has 0 amide bonds. The predicted molar refractivity (Wildman–Crippen MR) is 89.3 cm³/mol. The quantitative estimate of drug-likeness (QED) is 0.871. The standard InChI is InChI=1S/C17H19N5/c1-2-14-10-18-13-22(11-14)15-5-8-21(12-15)17-16-4-3-7-20(16)9-6-19-17/h2-4,6-7,9-11,15H,1,5,8,12-13H2/t15-/m0/s1. The second-order valence-electron chi connectivity index (χ2n) is 5.74. The van der Waals surface area contributed by atoms with Crippen molar-refractivity contribution < 1.29 is 0 Å². The molecule has 0 radical (unpaired) electrons. The van der Waals surface area contributed by atoms with Crippen molar-refractivity contribution in [2.75, 3.05) is 24.7 Å². The average Bonchev–Trinajstić information content (AvgIpc) is 3.23. The summed E-state index contributed by atoms with van der Waals surface area (Å²) in [5.41, 5.74) is 2.25. The highest BCUT2D eigenvalue weighted by molar-refractivity contribution is 5.82. The number of anilines is 1. The van der Waals surface area contributed by atoms with Gasteiger partial charge in [0.05, 0.1) is 5.52 Å². The van der Waals surface area contributed by atoms with Gasteiger partial charge in [-0.15, -0.1) is 0 Å². The summed E-state index contributed by atoms with van der Waals surface area (Å²) in [5.74, 6) is 1.07. The molecule has 2 aliphatic heterocycles. The first-order valence-corrected chi connectivity index (χ1v) is 7.61. The SMILES string of the molecule is C=CC1=CN([C@H]2CCN(c3nccn4cccc34)C2)CN=C1. The van der Waals surface area contributed by atoms with E-state index in [0.29, 0.717) is 6.04 Å². The minimum atomic E-state index is 0.476. The third-order valence-corrected chi connectivity index (χ3v) is 4.40. The summed E-state index contributed by atoms with van der Waals surface area (Å²) in [6, 6.07) is 4.66. The van der Waals surface area contributed by atoms with E-state index in [1.807, 2.05) is 24.7 Å². The van der Waals surface area contributed by atoms with Gasteiger partial charge in [-0.1, -0.05) is 12.7 Å². The lowest BCUT2D eigenvalue weighted by Crippen LogP contribution is -2.35. The summed E-state index contributed by atoms with van der Waals surface area (Å²) in [6.07, 6.45) is 13.0. The molecule has 0 unspecified atom stereocenters. The predicted octanol–water partition coefficient (Wildman–Crippen LogP) is 2.33. The highest BCUT2D eigenvalue weighted by atomic mass is 15.3. The Labute approximate surface area is 129 Å². The van der Waals surface area contributed by atoms with Crippen molar-refractivity contribution in [3.05, 3.63) is 55.2 Å². The Kier molecular flexibility index (Phi) is 3.18. The average molecular weight is 293 g/mol. The molecule has 2 aromatic heterocycles. The maximum absolute atomic E-state index is 4.60. The van der Waals surface area contributed by atoms with Gasteiger partial charge in [-0.05, 0) is 18.6 Å². The Balaban J connectivity index is 1.55. The van der Waals surface area contributed by atoms with Gasteiger partial charge in [0.15, 0.2) is 5.82 Å². The monoisotopic (exact) mass is 293 g/mol. The fourth-order valence-corrected chi connectivity index (χ4v) is 3.24. The van der Waals surface area contributed by atoms with E-state index in [0.717, 1.165) is 37.6 Å². The van der Waals surface area contributed by atoms with Gasteiger partial charge in [-0.25, -0.2) is 4.98 Å². The van der Waals surface area contributed by atoms with E-state index in [1.54, 1.807) is 0 Å². The zero-order valence-electron chi connectivity index (χ0n) is 12.5. The molecule has 2 aromatic rings. The third kappa shape index (κ3) is 2.19. The fraction of sp³-hybridized carbons (Fsp3) is 0.294. The van der Waals surface area contributed by atoms with Crippen LogP contribution in [0.1, 0.15) is 6.42 Å². The molecule has 0 aromatic carbocycles. The molecule has 112 valence electrons. The molecule has 1 fully saturated rings. The van der Waals surface area contributed by atoms with Gasteiger partial charge < -0.3 is 14.2 Å². The Hall–Kier alpha value is -2.56. The Morgan fingerprint density at radius 1 is 1.32 bits per heavy atom. The highest BCUT2D eigenvalue weighted by Crippen LogP contribution is 2.26. The molecule has 0 N–H and O–H groups in total. The van der Waals surface area contributed by atoms with Crippen molar-refractivity contribution in [2.24, 2.45) is 4.99 Å². The number of fused-ring (bicyclic) bond motifs is 1. The second kappa shape index (κ2) is 5.33. The zero-order chi connectivity index (χ0) is 14.9. The van der Waals surface area contributed by atoms with Gasteiger partial charge >= 0.3 is 0 Å². The minimum absolute atomic E-state index is 0.476. The topological polar surface area (TPSA) is 36.1 Å². The van der Waals surface area contributed by atoms with Gasteiger partial charge in [-0.3, -0.25) is 4.99 Å². The Bertz CT molecular complexity index is 757. The fourth-order valence-electron chi connectivity index (χ4n) is 3.24. The van der Waals surface area contributed by atoms with E-state index in [1.165, 1.54) is 5.52 Å². The molecule has 22 heavy (non-hydrogen) atoms. The molecule has 0 spiro atoms. The van der Waals surface area contributed by atoms with Gasteiger partial charge in [0.25, 0.3) is 0 Å². The second-order valence-corrected chi connectivity index (χ2v) is 5.74. The van der Waals surface area contributed by atoms with Crippen molar-refractivity contribution in [3.63, 3.8) is 0 Å². The Morgan fingerprint density at radius 3 is 3.18 bits per heavy atom. The molecule has 4 heterocycles. The number of rotatable bonds is 3. The molecule has 0 bridgehead atoms.